The van der Waals surface area contributed by atoms with Crippen molar-refractivity contribution < 1.29 is 0 Å². The lowest BCUT2D eigenvalue weighted by Gasteiger charge is -2.19. The average Bonchev–Trinajstić information content (AvgIpc) is 1.65. The molecule has 0 saturated carbocycles. The monoisotopic (exact) mass is 150 g/mol. The first-order valence-electron chi connectivity index (χ1n) is 2.73. The second-order valence-electron chi connectivity index (χ2n) is 2.07. The van der Waals surface area contributed by atoms with Crippen LogP contribution in [0.3, 0.4) is 0 Å². The summed E-state index contributed by atoms with van der Waals surface area (Å²) in [6, 6.07) is 0. The van der Waals surface area contributed by atoms with E-state index < -0.39 is 4.33 Å². The minimum Gasteiger partial charge on any atom is -0.101 e. The molecule has 46 valence electrons. The number of allylic oxidation sites excluding steroid dienone is 2. The smallest absolute Gasteiger partial charge is 0.101 e. The fourth-order valence-electron chi connectivity index (χ4n) is 0.770. The first kappa shape index (κ1) is 6.44. The Kier molecular flexibility index (Phi) is 1.84. The van der Waals surface area contributed by atoms with E-state index in [1.807, 2.05) is 6.08 Å². The largest absolute Gasteiger partial charge is 0.122 e. The van der Waals surface area contributed by atoms with Gasteiger partial charge in [0.2, 0.25) is 0 Å². The molecule has 0 aliphatic heterocycles. The summed E-state index contributed by atoms with van der Waals surface area (Å²) in [6.45, 7) is 0. The fraction of sp³-hybridized carbons (Fsp3) is 0.667. The summed E-state index contributed by atoms with van der Waals surface area (Å²) in [7, 11) is 0. The van der Waals surface area contributed by atoms with E-state index >= 15 is 0 Å². The molecule has 0 saturated heterocycles. The van der Waals surface area contributed by atoms with Gasteiger partial charge in [0.25, 0.3) is 0 Å². The Hall–Kier alpha value is 0.320. The zero-order chi connectivity index (χ0) is 6.04. The topological polar surface area (TPSA) is 0 Å². The highest BCUT2D eigenvalue weighted by Gasteiger charge is 2.22. The molecule has 0 atom stereocenters. The summed E-state index contributed by atoms with van der Waals surface area (Å²) in [6.07, 6.45) is 6.86. The summed E-state index contributed by atoms with van der Waals surface area (Å²) >= 11 is 11.6. The SMILES string of the molecule is ClC1(Cl)CC=CCC1. The van der Waals surface area contributed by atoms with Crippen molar-refractivity contribution in [2.24, 2.45) is 0 Å². The van der Waals surface area contributed by atoms with Crippen LogP contribution in [0.4, 0.5) is 0 Å². The predicted molar refractivity (Wildman–Crippen MR) is 37.4 cm³/mol. The van der Waals surface area contributed by atoms with Crippen LogP contribution in [-0.2, 0) is 0 Å². The van der Waals surface area contributed by atoms with Gasteiger partial charge in [0.1, 0.15) is 4.33 Å². The van der Waals surface area contributed by atoms with Crippen molar-refractivity contribution in [3.05, 3.63) is 12.2 Å². The van der Waals surface area contributed by atoms with Crippen LogP contribution in [0.2, 0.25) is 0 Å². The maximum Gasteiger partial charge on any atom is 0.122 e. The Labute approximate surface area is 59.5 Å². The number of rotatable bonds is 0. The van der Waals surface area contributed by atoms with Crippen molar-refractivity contribution in [3.8, 4) is 0 Å². The summed E-state index contributed by atoms with van der Waals surface area (Å²) in [4.78, 5) is 0. The van der Waals surface area contributed by atoms with E-state index in [2.05, 4.69) is 6.08 Å². The molecule has 0 fully saturated rings. The zero-order valence-corrected chi connectivity index (χ0v) is 6.04. The number of hydrogen-bond acceptors (Lipinski definition) is 0. The van der Waals surface area contributed by atoms with Crippen LogP contribution in [0.25, 0.3) is 0 Å². The van der Waals surface area contributed by atoms with Crippen LogP contribution in [0.1, 0.15) is 19.3 Å². The zero-order valence-electron chi connectivity index (χ0n) is 4.53. The second kappa shape index (κ2) is 2.28. The van der Waals surface area contributed by atoms with E-state index in [4.69, 9.17) is 23.2 Å². The Bertz CT molecular complexity index is 105. The minimum atomic E-state index is -0.464. The predicted octanol–water partition coefficient (Wildman–Crippen LogP) is 2.90. The molecule has 0 spiro atoms. The number of alkyl halides is 2. The van der Waals surface area contributed by atoms with Gasteiger partial charge in [-0.3, -0.25) is 0 Å². The van der Waals surface area contributed by atoms with Crippen LogP contribution in [0.15, 0.2) is 12.2 Å². The number of halogens is 2. The molecule has 0 aromatic carbocycles. The molecule has 0 N–H and O–H groups in total. The molecule has 0 aromatic heterocycles. The van der Waals surface area contributed by atoms with Crippen molar-refractivity contribution in [2.45, 2.75) is 23.6 Å². The summed E-state index contributed by atoms with van der Waals surface area (Å²) in [5.74, 6) is 0. The lowest BCUT2D eigenvalue weighted by Crippen LogP contribution is -2.12. The number of hydrogen-bond donors (Lipinski definition) is 0. The first-order valence-corrected chi connectivity index (χ1v) is 3.49. The third-order valence-corrected chi connectivity index (χ3v) is 1.95. The van der Waals surface area contributed by atoms with Crippen molar-refractivity contribution >= 4 is 23.2 Å². The Morgan fingerprint density at radius 1 is 1.25 bits per heavy atom. The maximum absolute atomic E-state index is 5.79. The van der Waals surface area contributed by atoms with E-state index in [1.54, 1.807) is 0 Å². The molecular weight excluding hydrogens is 143 g/mol. The van der Waals surface area contributed by atoms with Gasteiger partial charge >= 0.3 is 0 Å². The Morgan fingerprint density at radius 3 is 2.25 bits per heavy atom. The molecule has 0 radical (unpaired) electrons. The molecule has 0 bridgehead atoms. The van der Waals surface area contributed by atoms with Gasteiger partial charge in [0.05, 0.1) is 0 Å². The quantitative estimate of drug-likeness (QED) is 0.368. The molecule has 2 heteroatoms. The first-order chi connectivity index (χ1) is 3.71. The van der Waals surface area contributed by atoms with E-state index in [0.717, 1.165) is 19.3 Å². The second-order valence-corrected chi connectivity index (χ2v) is 3.71. The molecule has 1 aliphatic rings. The maximum atomic E-state index is 5.79. The highest BCUT2D eigenvalue weighted by molar-refractivity contribution is 6.48. The van der Waals surface area contributed by atoms with E-state index in [1.165, 1.54) is 0 Å². The molecular formula is C6H8Cl2. The summed E-state index contributed by atoms with van der Waals surface area (Å²) in [5.41, 5.74) is 0. The van der Waals surface area contributed by atoms with Crippen molar-refractivity contribution in [1.29, 1.82) is 0 Å². The highest BCUT2D eigenvalue weighted by Crippen LogP contribution is 2.33. The third-order valence-electron chi connectivity index (χ3n) is 1.26. The van der Waals surface area contributed by atoms with Gasteiger partial charge in [-0.05, 0) is 19.3 Å². The van der Waals surface area contributed by atoms with Crippen molar-refractivity contribution in [2.75, 3.05) is 0 Å². The standard InChI is InChI=1S/C6H8Cl2/c7-6(8)4-2-1-3-5-6/h1-2H,3-5H2. The van der Waals surface area contributed by atoms with Gasteiger partial charge in [-0.2, -0.15) is 0 Å². The van der Waals surface area contributed by atoms with Crippen LogP contribution in [0.5, 0.6) is 0 Å². The molecule has 0 heterocycles. The van der Waals surface area contributed by atoms with Crippen LogP contribution < -0.4 is 0 Å². The average molecular weight is 151 g/mol. The van der Waals surface area contributed by atoms with Gasteiger partial charge in [0, 0.05) is 0 Å². The van der Waals surface area contributed by atoms with Crippen LogP contribution in [-0.4, -0.2) is 4.33 Å². The van der Waals surface area contributed by atoms with Gasteiger partial charge in [-0.25, -0.2) is 0 Å². The Balaban J connectivity index is 2.50. The van der Waals surface area contributed by atoms with Crippen LogP contribution >= 0.6 is 23.2 Å². The summed E-state index contributed by atoms with van der Waals surface area (Å²) < 4.78 is -0.464. The van der Waals surface area contributed by atoms with Crippen LogP contribution in [0, 0.1) is 0 Å². The third kappa shape index (κ3) is 1.68. The van der Waals surface area contributed by atoms with Crippen molar-refractivity contribution in [3.63, 3.8) is 0 Å². The Morgan fingerprint density at radius 2 is 2.00 bits per heavy atom. The molecule has 0 amide bonds. The van der Waals surface area contributed by atoms with Gasteiger partial charge in [-0.1, -0.05) is 12.2 Å². The molecule has 0 unspecified atom stereocenters. The molecule has 0 nitrogen and oxygen atoms in total. The van der Waals surface area contributed by atoms with Gasteiger partial charge in [-0.15, -0.1) is 23.2 Å². The normalized spacial score (nSPS) is 25.8. The van der Waals surface area contributed by atoms with Gasteiger partial charge in [0.15, 0.2) is 0 Å². The van der Waals surface area contributed by atoms with E-state index in [0.29, 0.717) is 0 Å². The minimum absolute atomic E-state index is 0.464. The molecule has 0 aromatic rings. The molecule has 8 heavy (non-hydrogen) atoms. The molecule has 1 aliphatic carbocycles. The van der Waals surface area contributed by atoms with E-state index in [9.17, 15) is 0 Å². The summed E-state index contributed by atoms with van der Waals surface area (Å²) in [5, 5.41) is 0. The highest BCUT2D eigenvalue weighted by atomic mass is 35.5. The molecule has 1 rings (SSSR count). The van der Waals surface area contributed by atoms with Gasteiger partial charge < -0.3 is 0 Å². The van der Waals surface area contributed by atoms with Crippen molar-refractivity contribution in [1.82, 2.24) is 0 Å². The van der Waals surface area contributed by atoms with E-state index in [-0.39, 0.29) is 0 Å². The fourth-order valence-corrected chi connectivity index (χ4v) is 1.17. The lowest BCUT2D eigenvalue weighted by molar-refractivity contribution is 0.682. The lowest BCUT2D eigenvalue weighted by atomic mass is 10.1.